The highest BCUT2D eigenvalue weighted by Crippen LogP contribution is 2.33. The van der Waals surface area contributed by atoms with Crippen LogP contribution < -0.4 is 10.1 Å². The Labute approximate surface area is 194 Å². The van der Waals surface area contributed by atoms with Gasteiger partial charge in [0.15, 0.2) is 0 Å². The van der Waals surface area contributed by atoms with Crippen molar-refractivity contribution in [3.63, 3.8) is 0 Å². The molecule has 3 aromatic heterocycles. The molecule has 0 unspecified atom stereocenters. The van der Waals surface area contributed by atoms with E-state index in [9.17, 15) is 13.2 Å². The number of alkyl halides is 3. The lowest BCUT2D eigenvalue weighted by atomic mass is 10.0. The minimum Gasteiger partial charge on any atom is -0.479 e. The first-order chi connectivity index (χ1) is 16.3. The number of rotatable bonds is 6. The fourth-order valence-corrected chi connectivity index (χ4v) is 4.59. The lowest BCUT2D eigenvalue weighted by Gasteiger charge is -2.32. The number of aryl methyl sites for hydroxylation is 1. The second-order valence-corrected chi connectivity index (χ2v) is 8.65. The molecule has 4 heterocycles. The number of hydrogen-bond donors (Lipinski definition) is 1. The Balaban J connectivity index is 1.53. The molecule has 1 aromatic carbocycles. The first-order valence-corrected chi connectivity index (χ1v) is 11.1. The highest BCUT2D eigenvalue weighted by atomic mass is 19.3. The van der Waals surface area contributed by atoms with Gasteiger partial charge in [-0.1, -0.05) is 6.07 Å². The van der Waals surface area contributed by atoms with Crippen LogP contribution in [0.15, 0.2) is 30.5 Å². The first-order valence-electron chi connectivity index (χ1n) is 11.1. The fraction of sp³-hybridized carbons (Fsp3) is 0.435. The highest BCUT2D eigenvalue weighted by molar-refractivity contribution is 5.89. The van der Waals surface area contributed by atoms with Gasteiger partial charge in [0.2, 0.25) is 11.8 Å². The molecule has 1 fully saturated rings. The SMILES string of the molecule is COc1nc(N[C@@H]2CCN(C)C[C@@H]2F)nn2ccc(-c3ccc4nc(C)n(CC(F)F)c4c3)c12. The number of ether oxygens (including phenoxy) is 1. The number of anilines is 1. The van der Waals surface area contributed by atoms with Gasteiger partial charge < -0.3 is 19.5 Å². The van der Waals surface area contributed by atoms with E-state index in [1.165, 1.54) is 11.7 Å². The molecule has 0 spiro atoms. The van der Waals surface area contributed by atoms with Crippen molar-refractivity contribution in [2.24, 2.45) is 0 Å². The van der Waals surface area contributed by atoms with Gasteiger partial charge >= 0.3 is 0 Å². The Bertz CT molecular complexity index is 1340. The second-order valence-electron chi connectivity index (χ2n) is 8.65. The Kier molecular flexibility index (Phi) is 5.80. The van der Waals surface area contributed by atoms with E-state index >= 15 is 0 Å². The van der Waals surface area contributed by atoms with Crippen LogP contribution in [-0.4, -0.2) is 74.9 Å². The largest absolute Gasteiger partial charge is 0.479 e. The van der Waals surface area contributed by atoms with E-state index in [1.54, 1.807) is 17.6 Å². The van der Waals surface area contributed by atoms with Crippen LogP contribution in [0, 0.1) is 6.92 Å². The first kappa shape index (κ1) is 22.5. The molecular formula is C23H26F3N7O. The average molecular weight is 474 g/mol. The predicted molar refractivity (Wildman–Crippen MR) is 123 cm³/mol. The number of nitrogens with one attached hydrogen (secondary N) is 1. The maximum Gasteiger partial charge on any atom is 0.256 e. The third-order valence-electron chi connectivity index (χ3n) is 6.30. The van der Waals surface area contributed by atoms with E-state index in [4.69, 9.17) is 4.74 Å². The molecule has 0 saturated carbocycles. The summed E-state index contributed by atoms with van der Waals surface area (Å²) < 4.78 is 49.4. The normalized spacial score (nSPS) is 19.4. The summed E-state index contributed by atoms with van der Waals surface area (Å²) in [5, 5.41) is 7.63. The lowest BCUT2D eigenvalue weighted by Crippen LogP contribution is -2.46. The van der Waals surface area contributed by atoms with Crippen LogP contribution in [0.25, 0.3) is 27.7 Å². The summed E-state index contributed by atoms with van der Waals surface area (Å²) in [7, 11) is 3.41. The van der Waals surface area contributed by atoms with E-state index in [0.29, 0.717) is 41.2 Å². The van der Waals surface area contributed by atoms with Gasteiger partial charge in [-0.2, -0.15) is 4.98 Å². The maximum absolute atomic E-state index is 14.5. The molecule has 1 aliphatic heterocycles. The molecular weight excluding hydrogens is 447 g/mol. The van der Waals surface area contributed by atoms with E-state index in [2.05, 4.69) is 20.4 Å². The van der Waals surface area contributed by atoms with Crippen molar-refractivity contribution in [3.8, 4) is 17.0 Å². The number of piperidine rings is 1. The van der Waals surface area contributed by atoms with Gasteiger partial charge in [0.1, 0.15) is 17.5 Å². The monoisotopic (exact) mass is 473 g/mol. The number of imidazole rings is 1. The van der Waals surface area contributed by atoms with Gasteiger partial charge in [0, 0.05) is 24.8 Å². The smallest absolute Gasteiger partial charge is 0.256 e. The van der Waals surface area contributed by atoms with Crippen LogP contribution in [-0.2, 0) is 6.54 Å². The number of benzene rings is 1. The predicted octanol–water partition coefficient (Wildman–Crippen LogP) is 3.78. The molecule has 1 N–H and O–H groups in total. The van der Waals surface area contributed by atoms with E-state index < -0.39 is 19.1 Å². The molecule has 2 atom stereocenters. The summed E-state index contributed by atoms with van der Waals surface area (Å²) in [4.78, 5) is 10.8. The molecule has 180 valence electrons. The molecule has 34 heavy (non-hydrogen) atoms. The van der Waals surface area contributed by atoms with Crippen LogP contribution in [0.1, 0.15) is 12.2 Å². The Hall–Kier alpha value is -3.34. The number of likely N-dealkylation sites (tertiary alicyclic amines) is 1. The summed E-state index contributed by atoms with van der Waals surface area (Å²) in [5.74, 6) is 1.15. The quantitative estimate of drug-likeness (QED) is 0.460. The van der Waals surface area contributed by atoms with Crippen LogP contribution in [0.4, 0.5) is 19.1 Å². The lowest BCUT2D eigenvalue weighted by molar-refractivity contribution is 0.127. The van der Waals surface area contributed by atoms with Gasteiger partial charge in [0.25, 0.3) is 6.43 Å². The zero-order valence-electron chi connectivity index (χ0n) is 19.2. The standard InChI is InChI=1S/C23H26F3N7O/c1-13-27-18-5-4-14(10-19(18)32(13)12-20(25)26)15-6-9-33-21(15)22(34-3)29-23(30-33)28-17-7-8-31(2)11-16(17)24/h4-6,9-10,16-17,20H,7-8,11-12H2,1-3H3,(H,28,30)/t16-,17+/m0/s1. The third kappa shape index (κ3) is 4.04. The number of aromatic nitrogens is 5. The highest BCUT2D eigenvalue weighted by Gasteiger charge is 2.28. The van der Waals surface area contributed by atoms with E-state index in [1.807, 2.05) is 36.2 Å². The number of nitrogens with zero attached hydrogens (tertiary/aromatic N) is 6. The fourth-order valence-electron chi connectivity index (χ4n) is 4.59. The molecule has 0 aliphatic carbocycles. The molecule has 1 aliphatic rings. The van der Waals surface area contributed by atoms with Crippen LogP contribution in [0.3, 0.4) is 0 Å². The summed E-state index contributed by atoms with van der Waals surface area (Å²) in [6.07, 6.45) is -1.10. The molecule has 8 nitrogen and oxygen atoms in total. The molecule has 5 rings (SSSR count). The number of fused-ring (bicyclic) bond motifs is 2. The number of hydrogen-bond acceptors (Lipinski definition) is 6. The molecule has 0 radical (unpaired) electrons. The zero-order valence-corrected chi connectivity index (χ0v) is 19.2. The van der Waals surface area contributed by atoms with Crippen molar-refractivity contribution in [2.75, 3.05) is 32.6 Å². The van der Waals surface area contributed by atoms with Crippen LogP contribution >= 0.6 is 0 Å². The number of halogens is 3. The van der Waals surface area contributed by atoms with Crippen molar-refractivity contribution in [1.29, 1.82) is 0 Å². The summed E-state index contributed by atoms with van der Waals surface area (Å²) in [6.45, 7) is 2.44. The van der Waals surface area contributed by atoms with E-state index in [-0.39, 0.29) is 12.0 Å². The van der Waals surface area contributed by atoms with Gasteiger partial charge in [-0.25, -0.2) is 22.7 Å². The van der Waals surface area contributed by atoms with E-state index in [0.717, 1.165) is 17.7 Å². The van der Waals surface area contributed by atoms with Crippen molar-refractivity contribution >= 4 is 22.5 Å². The molecule has 1 saturated heterocycles. The zero-order chi connectivity index (χ0) is 24.0. The van der Waals surface area contributed by atoms with Crippen LogP contribution in [0.2, 0.25) is 0 Å². The molecule has 4 aromatic rings. The molecule has 11 heteroatoms. The third-order valence-corrected chi connectivity index (χ3v) is 6.30. The maximum atomic E-state index is 14.5. The van der Waals surface area contributed by atoms with Gasteiger partial charge in [-0.05, 0) is 44.2 Å². The molecule has 0 bridgehead atoms. The van der Waals surface area contributed by atoms with Crippen molar-refractivity contribution < 1.29 is 17.9 Å². The Morgan fingerprint density at radius 3 is 2.79 bits per heavy atom. The van der Waals surface area contributed by atoms with Crippen LogP contribution in [0.5, 0.6) is 5.88 Å². The van der Waals surface area contributed by atoms with Crippen molar-refractivity contribution in [2.45, 2.75) is 38.5 Å². The summed E-state index contributed by atoms with van der Waals surface area (Å²) in [6, 6.07) is 7.02. The summed E-state index contributed by atoms with van der Waals surface area (Å²) >= 11 is 0. The minimum absolute atomic E-state index is 0.282. The Morgan fingerprint density at radius 1 is 1.24 bits per heavy atom. The summed E-state index contributed by atoms with van der Waals surface area (Å²) in [5.41, 5.74) is 3.50. The Morgan fingerprint density at radius 2 is 2.06 bits per heavy atom. The van der Waals surface area contributed by atoms with Gasteiger partial charge in [0.05, 0.1) is 30.7 Å². The topological polar surface area (TPSA) is 72.5 Å². The number of methoxy groups -OCH3 is 1. The minimum atomic E-state index is -2.48. The molecule has 0 amide bonds. The van der Waals surface area contributed by atoms with Gasteiger partial charge in [-0.15, -0.1) is 5.10 Å². The average Bonchev–Trinajstić information content (AvgIpc) is 3.35. The van der Waals surface area contributed by atoms with Gasteiger partial charge in [-0.3, -0.25) is 0 Å². The van der Waals surface area contributed by atoms with Crippen molar-refractivity contribution in [1.82, 2.24) is 29.0 Å². The van der Waals surface area contributed by atoms with Crippen molar-refractivity contribution in [3.05, 3.63) is 36.3 Å². The second kappa shape index (κ2) is 8.79.